The van der Waals surface area contributed by atoms with Gasteiger partial charge in [-0.3, -0.25) is 0 Å². The van der Waals surface area contributed by atoms with Crippen molar-refractivity contribution in [3.8, 4) is 0 Å². The summed E-state index contributed by atoms with van der Waals surface area (Å²) in [5.41, 5.74) is 0. The average Bonchev–Trinajstić information content (AvgIpc) is 2.29. The van der Waals surface area contributed by atoms with Gasteiger partial charge in [-0.2, -0.15) is 0 Å². The van der Waals surface area contributed by atoms with Crippen molar-refractivity contribution in [2.45, 2.75) is 58.1 Å². The van der Waals surface area contributed by atoms with Crippen LogP contribution in [0.4, 0.5) is 0 Å². The lowest BCUT2D eigenvalue weighted by atomic mass is 9.89. The number of hydrogen-bond acceptors (Lipinski definition) is 3. The topological polar surface area (TPSA) is 41.5 Å². The van der Waals surface area contributed by atoms with E-state index in [0.717, 1.165) is 18.9 Å². The molecule has 96 valence electrons. The fraction of sp³-hybridized carbons (Fsp3) is 1.00. The van der Waals surface area contributed by atoms with Crippen molar-refractivity contribution in [2.24, 2.45) is 5.92 Å². The van der Waals surface area contributed by atoms with Crippen LogP contribution in [0.5, 0.6) is 0 Å². The molecule has 1 saturated carbocycles. The van der Waals surface area contributed by atoms with Crippen molar-refractivity contribution in [1.82, 2.24) is 5.32 Å². The standard InChI is InChI=1S/C13H27NO2/c1-3-7-14-12(9-15)10-16-13-6-4-5-11(2)8-13/h11-15H,3-10H2,1-2H3. The summed E-state index contributed by atoms with van der Waals surface area (Å²) >= 11 is 0. The molecule has 1 rings (SSSR count). The van der Waals surface area contributed by atoms with E-state index in [0.29, 0.717) is 12.7 Å². The summed E-state index contributed by atoms with van der Waals surface area (Å²) in [5, 5.41) is 12.5. The molecule has 0 spiro atoms. The second-order valence-electron chi connectivity index (χ2n) is 5.06. The Hall–Kier alpha value is -0.120. The highest BCUT2D eigenvalue weighted by Crippen LogP contribution is 2.25. The van der Waals surface area contributed by atoms with Gasteiger partial charge in [-0.15, -0.1) is 0 Å². The van der Waals surface area contributed by atoms with Gasteiger partial charge < -0.3 is 15.2 Å². The van der Waals surface area contributed by atoms with Crippen LogP contribution < -0.4 is 5.32 Å². The van der Waals surface area contributed by atoms with Crippen molar-refractivity contribution in [3.05, 3.63) is 0 Å². The van der Waals surface area contributed by atoms with Crippen LogP contribution in [0.15, 0.2) is 0 Å². The largest absolute Gasteiger partial charge is 0.395 e. The lowest BCUT2D eigenvalue weighted by Gasteiger charge is -2.28. The zero-order valence-corrected chi connectivity index (χ0v) is 10.7. The van der Waals surface area contributed by atoms with Gasteiger partial charge in [0.05, 0.1) is 25.4 Å². The zero-order valence-electron chi connectivity index (χ0n) is 10.7. The third-order valence-electron chi connectivity index (χ3n) is 3.32. The number of aliphatic hydroxyl groups excluding tert-OH is 1. The molecule has 1 aliphatic rings. The Balaban J connectivity index is 2.15. The van der Waals surface area contributed by atoms with Crippen LogP contribution in [0.1, 0.15) is 46.0 Å². The molecular weight excluding hydrogens is 202 g/mol. The lowest BCUT2D eigenvalue weighted by Crippen LogP contribution is -2.39. The summed E-state index contributed by atoms with van der Waals surface area (Å²) in [7, 11) is 0. The Morgan fingerprint density at radius 2 is 2.25 bits per heavy atom. The number of rotatable bonds is 7. The van der Waals surface area contributed by atoms with Gasteiger partial charge in [-0.1, -0.05) is 26.7 Å². The van der Waals surface area contributed by atoms with E-state index in [-0.39, 0.29) is 12.6 Å². The van der Waals surface area contributed by atoms with E-state index in [1.54, 1.807) is 0 Å². The molecule has 1 fully saturated rings. The molecule has 0 heterocycles. The van der Waals surface area contributed by atoms with Crippen LogP contribution in [-0.2, 0) is 4.74 Å². The van der Waals surface area contributed by atoms with E-state index >= 15 is 0 Å². The third kappa shape index (κ3) is 5.28. The monoisotopic (exact) mass is 229 g/mol. The summed E-state index contributed by atoms with van der Waals surface area (Å²) in [6.07, 6.45) is 6.52. The van der Waals surface area contributed by atoms with Gasteiger partial charge in [0, 0.05) is 0 Å². The Labute approximate surface area is 99.6 Å². The van der Waals surface area contributed by atoms with Crippen LogP contribution in [0, 0.1) is 5.92 Å². The molecule has 0 aliphatic heterocycles. The van der Waals surface area contributed by atoms with Crippen molar-refractivity contribution in [3.63, 3.8) is 0 Å². The molecule has 0 aromatic carbocycles. The Kier molecular flexibility index (Phi) is 7.01. The van der Waals surface area contributed by atoms with Gasteiger partial charge in [0.1, 0.15) is 0 Å². The molecule has 3 unspecified atom stereocenters. The first kappa shape index (κ1) is 13.9. The van der Waals surface area contributed by atoms with Gasteiger partial charge in [0.15, 0.2) is 0 Å². The highest BCUT2D eigenvalue weighted by atomic mass is 16.5. The van der Waals surface area contributed by atoms with E-state index in [1.165, 1.54) is 25.7 Å². The molecule has 3 nitrogen and oxygen atoms in total. The van der Waals surface area contributed by atoms with E-state index < -0.39 is 0 Å². The minimum Gasteiger partial charge on any atom is -0.395 e. The fourth-order valence-electron chi connectivity index (χ4n) is 2.31. The zero-order chi connectivity index (χ0) is 11.8. The van der Waals surface area contributed by atoms with Gasteiger partial charge in [-0.05, 0) is 31.7 Å². The molecule has 2 N–H and O–H groups in total. The number of aliphatic hydroxyl groups is 1. The van der Waals surface area contributed by atoms with E-state index in [9.17, 15) is 5.11 Å². The Bertz CT molecular complexity index is 175. The smallest absolute Gasteiger partial charge is 0.0645 e. The van der Waals surface area contributed by atoms with Gasteiger partial charge in [0.2, 0.25) is 0 Å². The van der Waals surface area contributed by atoms with Crippen LogP contribution in [-0.4, -0.2) is 37.0 Å². The summed E-state index contributed by atoms with van der Waals surface area (Å²) in [6, 6.07) is 0.109. The molecule has 0 bridgehead atoms. The summed E-state index contributed by atoms with van der Waals surface area (Å²) in [5.74, 6) is 0.801. The molecule has 0 amide bonds. The van der Waals surface area contributed by atoms with Gasteiger partial charge in [-0.25, -0.2) is 0 Å². The van der Waals surface area contributed by atoms with Crippen LogP contribution in [0.25, 0.3) is 0 Å². The number of ether oxygens (including phenoxy) is 1. The molecule has 16 heavy (non-hydrogen) atoms. The van der Waals surface area contributed by atoms with Gasteiger partial charge >= 0.3 is 0 Å². The Morgan fingerprint density at radius 1 is 1.44 bits per heavy atom. The van der Waals surface area contributed by atoms with Crippen LogP contribution in [0.2, 0.25) is 0 Å². The maximum atomic E-state index is 9.19. The first-order valence-electron chi connectivity index (χ1n) is 6.72. The van der Waals surface area contributed by atoms with Crippen LogP contribution in [0.3, 0.4) is 0 Å². The molecule has 1 aliphatic carbocycles. The average molecular weight is 229 g/mol. The third-order valence-corrected chi connectivity index (χ3v) is 3.32. The number of nitrogens with one attached hydrogen (secondary N) is 1. The van der Waals surface area contributed by atoms with Crippen molar-refractivity contribution >= 4 is 0 Å². The molecule has 3 atom stereocenters. The molecule has 0 saturated heterocycles. The summed E-state index contributed by atoms with van der Waals surface area (Å²) < 4.78 is 5.88. The molecule has 0 aromatic rings. The van der Waals surface area contributed by atoms with Crippen LogP contribution >= 0.6 is 0 Å². The normalized spacial score (nSPS) is 27.9. The van der Waals surface area contributed by atoms with Crippen molar-refractivity contribution < 1.29 is 9.84 Å². The molecule has 3 heteroatoms. The maximum Gasteiger partial charge on any atom is 0.0645 e. The summed E-state index contributed by atoms with van der Waals surface area (Å²) in [6.45, 7) is 6.20. The van der Waals surface area contributed by atoms with Crippen molar-refractivity contribution in [2.75, 3.05) is 19.8 Å². The maximum absolute atomic E-state index is 9.19. The van der Waals surface area contributed by atoms with E-state index in [2.05, 4.69) is 19.2 Å². The molecular formula is C13H27NO2. The fourth-order valence-corrected chi connectivity index (χ4v) is 2.31. The lowest BCUT2D eigenvalue weighted by molar-refractivity contribution is -0.00303. The van der Waals surface area contributed by atoms with Crippen molar-refractivity contribution in [1.29, 1.82) is 0 Å². The minimum atomic E-state index is 0.109. The summed E-state index contributed by atoms with van der Waals surface area (Å²) in [4.78, 5) is 0. The SMILES string of the molecule is CCCNC(CO)COC1CCCC(C)C1. The van der Waals surface area contributed by atoms with Gasteiger partial charge in [0.25, 0.3) is 0 Å². The first-order valence-corrected chi connectivity index (χ1v) is 6.72. The predicted octanol–water partition coefficient (Wildman–Crippen LogP) is 1.94. The Morgan fingerprint density at radius 3 is 2.88 bits per heavy atom. The van der Waals surface area contributed by atoms with E-state index in [1.807, 2.05) is 0 Å². The number of hydrogen-bond donors (Lipinski definition) is 2. The molecule has 0 aromatic heterocycles. The molecule has 0 radical (unpaired) electrons. The quantitative estimate of drug-likeness (QED) is 0.701. The van der Waals surface area contributed by atoms with E-state index in [4.69, 9.17) is 4.74 Å². The second-order valence-corrected chi connectivity index (χ2v) is 5.06. The highest BCUT2D eigenvalue weighted by molar-refractivity contribution is 4.72. The highest BCUT2D eigenvalue weighted by Gasteiger charge is 2.20. The first-order chi connectivity index (χ1) is 7.76. The second kappa shape index (κ2) is 8.04. The minimum absolute atomic E-state index is 0.109. The predicted molar refractivity (Wildman–Crippen MR) is 66.5 cm³/mol.